The van der Waals surface area contributed by atoms with E-state index in [1.807, 2.05) is 12.3 Å². The van der Waals surface area contributed by atoms with Gasteiger partial charge in [0.2, 0.25) is 0 Å². The van der Waals surface area contributed by atoms with Crippen LogP contribution in [0.3, 0.4) is 0 Å². The van der Waals surface area contributed by atoms with E-state index < -0.39 is 0 Å². The fourth-order valence-electron chi connectivity index (χ4n) is 2.85. The van der Waals surface area contributed by atoms with Crippen LogP contribution in [0.4, 0.5) is 0 Å². The highest BCUT2D eigenvalue weighted by atomic mass is 14.8. The number of rotatable bonds is 1. The normalized spacial score (nSPS) is 16.7. The molecule has 0 amide bonds. The molecule has 1 heterocycles. The lowest BCUT2D eigenvalue weighted by atomic mass is 9.92. The Morgan fingerprint density at radius 1 is 0.737 bits per heavy atom. The molecule has 1 atom stereocenters. The van der Waals surface area contributed by atoms with E-state index in [4.69, 9.17) is 4.99 Å². The molecule has 0 saturated heterocycles. The van der Waals surface area contributed by atoms with Crippen molar-refractivity contribution in [3.63, 3.8) is 0 Å². The second kappa shape index (κ2) is 4.06. The summed E-state index contributed by atoms with van der Waals surface area (Å²) >= 11 is 0. The predicted octanol–water partition coefficient (Wildman–Crippen LogP) is 4.36. The molecule has 0 fully saturated rings. The van der Waals surface area contributed by atoms with Crippen LogP contribution in [0.2, 0.25) is 0 Å². The highest BCUT2D eigenvalue weighted by Crippen LogP contribution is 2.37. The van der Waals surface area contributed by atoms with E-state index in [-0.39, 0.29) is 6.04 Å². The Bertz CT molecular complexity index is 772. The number of hydrogen-bond acceptors (Lipinski definition) is 1. The molecule has 1 nitrogen and oxygen atoms in total. The van der Waals surface area contributed by atoms with Crippen LogP contribution in [0.15, 0.2) is 71.7 Å². The van der Waals surface area contributed by atoms with Crippen LogP contribution in [0.1, 0.15) is 22.7 Å². The molecule has 0 aliphatic carbocycles. The number of fused-ring (bicyclic) bond motifs is 3. The summed E-state index contributed by atoms with van der Waals surface area (Å²) in [5.74, 6) is 0. The first-order chi connectivity index (χ1) is 9.43. The summed E-state index contributed by atoms with van der Waals surface area (Å²) in [6, 6.07) is 23.5. The lowest BCUT2D eigenvalue weighted by Gasteiger charge is -2.13. The van der Waals surface area contributed by atoms with Crippen LogP contribution in [0, 0.1) is 0 Å². The molecule has 19 heavy (non-hydrogen) atoms. The van der Waals surface area contributed by atoms with Crippen molar-refractivity contribution in [2.24, 2.45) is 4.99 Å². The Labute approximate surface area is 112 Å². The van der Waals surface area contributed by atoms with Gasteiger partial charge in [-0.05, 0) is 27.5 Å². The molecule has 4 rings (SSSR count). The van der Waals surface area contributed by atoms with Crippen LogP contribution in [0.25, 0.3) is 10.8 Å². The third kappa shape index (κ3) is 1.59. The van der Waals surface area contributed by atoms with Crippen molar-refractivity contribution in [2.75, 3.05) is 0 Å². The van der Waals surface area contributed by atoms with Crippen molar-refractivity contribution < 1.29 is 0 Å². The van der Waals surface area contributed by atoms with E-state index in [0.717, 1.165) is 0 Å². The molecule has 0 spiro atoms. The van der Waals surface area contributed by atoms with Gasteiger partial charge in [-0.15, -0.1) is 0 Å². The molecule has 0 aromatic heterocycles. The molecule has 0 N–H and O–H groups in total. The second-order valence-corrected chi connectivity index (χ2v) is 4.88. The van der Waals surface area contributed by atoms with Crippen molar-refractivity contribution in [3.8, 4) is 0 Å². The molecule has 90 valence electrons. The minimum Gasteiger partial charge on any atom is -0.280 e. The van der Waals surface area contributed by atoms with Gasteiger partial charge in [0, 0.05) is 6.21 Å². The maximum Gasteiger partial charge on any atom is 0.101 e. The monoisotopic (exact) mass is 243 g/mol. The van der Waals surface area contributed by atoms with Gasteiger partial charge in [-0.25, -0.2) is 0 Å². The number of aliphatic imine (C=N–C) groups is 1. The number of benzene rings is 3. The quantitative estimate of drug-likeness (QED) is 0.602. The highest BCUT2D eigenvalue weighted by Gasteiger charge is 2.22. The largest absolute Gasteiger partial charge is 0.280 e. The highest BCUT2D eigenvalue weighted by molar-refractivity contribution is 5.97. The number of hydrogen-bond donors (Lipinski definition) is 0. The second-order valence-electron chi connectivity index (χ2n) is 4.88. The van der Waals surface area contributed by atoms with E-state index in [0.29, 0.717) is 0 Å². The Morgan fingerprint density at radius 3 is 2.42 bits per heavy atom. The van der Waals surface area contributed by atoms with Crippen molar-refractivity contribution in [2.45, 2.75) is 6.04 Å². The van der Waals surface area contributed by atoms with E-state index in [2.05, 4.69) is 60.7 Å². The Kier molecular flexibility index (Phi) is 2.25. The molecule has 1 aliphatic heterocycles. The molecular formula is C18H13N. The van der Waals surface area contributed by atoms with Gasteiger partial charge in [0.25, 0.3) is 0 Å². The summed E-state index contributed by atoms with van der Waals surface area (Å²) in [4.78, 5) is 4.70. The minimum absolute atomic E-state index is 0.141. The van der Waals surface area contributed by atoms with Crippen molar-refractivity contribution in [3.05, 3.63) is 83.4 Å². The van der Waals surface area contributed by atoms with Gasteiger partial charge >= 0.3 is 0 Å². The number of nitrogens with zero attached hydrogens (tertiary/aromatic N) is 1. The third-order valence-corrected chi connectivity index (χ3v) is 3.76. The van der Waals surface area contributed by atoms with E-state index in [1.165, 1.54) is 27.5 Å². The maximum atomic E-state index is 4.70. The van der Waals surface area contributed by atoms with Gasteiger partial charge in [-0.2, -0.15) is 0 Å². The van der Waals surface area contributed by atoms with Gasteiger partial charge < -0.3 is 0 Å². The summed E-state index contributed by atoms with van der Waals surface area (Å²) in [7, 11) is 0. The first kappa shape index (κ1) is 10.5. The van der Waals surface area contributed by atoms with Crippen LogP contribution in [0.5, 0.6) is 0 Å². The zero-order valence-corrected chi connectivity index (χ0v) is 10.5. The van der Waals surface area contributed by atoms with E-state index in [1.54, 1.807) is 0 Å². The minimum atomic E-state index is 0.141. The molecule has 0 radical (unpaired) electrons. The first-order valence-corrected chi connectivity index (χ1v) is 6.53. The Morgan fingerprint density at radius 2 is 1.53 bits per heavy atom. The summed E-state index contributed by atoms with van der Waals surface area (Å²) in [5.41, 5.74) is 3.84. The van der Waals surface area contributed by atoms with Gasteiger partial charge in [-0.1, -0.05) is 66.7 Å². The molecule has 1 unspecified atom stereocenters. The fourth-order valence-corrected chi connectivity index (χ4v) is 2.85. The van der Waals surface area contributed by atoms with Crippen LogP contribution in [-0.2, 0) is 0 Å². The molecule has 0 saturated carbocycles. The zero-order chi connectivity index (χ0) is 12.7. The third-order valence-electron chi connectivity index (χ3n) is 3.76. The van der Waals surface area contributed by atoms with Crippen LogP contribution in [-0.4, -0.2) is 6.21 Å². The first-order valence-electron chi connectivity index (χ1n) is 6.53. The molecular weight excluding hydrogens is 230 g/mol. The fraction of sp³-hybridized carbons (Fsp3) is 0.0556. The zero-order valence-electron chi connectivity index (χ0n) is 10.5. The Balaban J connectivity index is 1.99. The average Bonchev–Trinajstić information content (AvgIpc) is 2.92. The van der Waals surface area contributed by atoms with Crippen molar-refractivity contribution in [1.82, 2.24) is 0 Å². The Hall–Kier alpha value is -2.41. The van der Waals surface area contributed by atoms with E-state index in [9.17, 15) is 0 Å². The van der Waals surface area contributed by atoms with Crippen molar-refractivity contribution >= 4 is 17.0 Å². The summed E-state index contributed by atoms with van der Waals surface area (Å²) in [6.07, 6.45) is 2.00. The topological polar surface area (TPSA) is 12.4 Å². The smallest absolute Gasteiger partial charge is 0.101 e. The summed E-state index contributed by atoms with van der Waals surface area (Å²) in [6.45, 7) is 0. The van der Waals surface area contributed by atoms with Gasteiger partial charge in [-0.3, -0.25) is 4.99 Å². The molecule has 3 aromatic rings. The van der Waals surface area contributed by atoms with Gasteiger partial charge in [0.1, 0.15) is 6.04 Å². The molecule has 1 heteroatoms. The lowest BCUT2D eigenvalue weighted by molar-refractivity contribution is 0.908. The van der Waals surface area contributed by atoms with Crippen molar-refractivity contribution in [1.29, 1.82) is 0 Å². The molecule has 1 aliphatic rings. The van der Waals surface area contributed by atoms with Gasteiger partial charge in [0.15, 0.2) is 0 Å². The standard InChI is InChI=1S/C18H13N/c1-2-7-14(8-3-1)18-17-15(12-19-18)11-10-13-6-4-5-9-16(13)17/h1-12,18H. The molecule has 0 bridgehead atoms. The van der Waals surface area contributed by atoms with Crippen LogP contribution >= 0.6 is 0 Å². The van der Waals surface area contributed by atoms with E-state index >= 15 is 0 Å². The molecule has 3 aromatic carbocycles. The summed E-state index contributed by atoms with van der Waals surface area (Å²) < 4.78 is 0. The average molecular weight is 243 g/mol. The maximum absolute atomic E-state index is 4.70. The predicted molar refractivity (Wildman–Crippen MR) is 79.8 cm³/mol. The lowest BCUT2D eigenvalue weighted by Crippen LogP contribution is -1.96. The SMILES string of the molecule is C1=NC(c2ccccc2)c2c1ccc1ccccc21. The van der Waals surface area contributed by atoms with Gasteiger partial charge in [0.05, 0.1) is 0 Å². The van der Waals surface area contributed by atoms with Crippen LogP contribution < -0.4 is 0 Å². The summed E-state index contributed by atoms with van der Waals surface area (Å²) in [5, 5.41) is 2.60.